The van der Waals surface area contributed by atoms with E-state index >= 15 is 0 Å². The van der Waals surface area contributed by atoms with Crippen molar-refractivity contribution in [3.63, 3.8) is 0 Å². The molecule has 3 N–H and O–H groups in total. The quantitative estimate of drug-likeness (QED) is 0.876. The summed E-state index contributed by atoms with van der Waals surface area (Å²) < 4.78 is 5.84. The van der Waals surface area contributed by atoms with E-state index in [1.807, 2.05) is 32.0 Å². The average molecular weight is 290 g/mol. The van der Waals surface area contributed by atoms with Gasteiger partial charge in [-0.15, -0.1) is 0 Å². The van der Waals surface area contributed by atoms with Gasteiger partial charge in [0.25, 0.3) is 5.91 Å². The van der Waals surface area contributed by atoms with Gasteiger partial charge in [-0.1, -0.05) is 30.5 Å². The van der Waals surface area contributed by atoms with Gasteiger partial charge in [0.05, 0.1) is 0 Å². The maximum Gasteiger partial charge on any atom is 0.260 e. The number of benzene rings is 1. The van der Waals surface area contributed by atoms with Crippen LogP contribution in [0.25, 0.3) is 0 Å². The van der Waals surface area contributed by atoms with Crippen LogP contribution in [0.3, 0.4) is 0 Å². The highest BCUT2D eigenvalue weighted by atomic mass is 16.5. The zero-order valence-electron chi connectivity index (χ0n) is 13.2. The third-order valence-corrected chi connectivity index (χ3v) is 4.03. The van der Waals surface area contributed by atoms with Gasteiger partial charge >= 0.3 is 0 Å². The molecule has 21 heavy (non-hydrogen) atoms. The molecule has 116 valence electrons. The Kier molecular flexibility index (Phi) is 5.23. The number of ether oxygens (including phenoxy) is 1. The smallest absolute Gasteiger partial charge is 0.260 e. The van der Waals surface area contributed by atoms with E-state index in [1.165, 1.54) is 12.8 Å². The highest BCUT2D eigenvalue weighted by Crippen LogP contribution is 2.26. The number of hydrogen-bond acceptors (Lipinski definition) is 3. The van der Waals surface area contributed by atoms with Crippen LogP contribution in [-0.4, -0.2) is 18.1 Å². The van der Waals surface area contributed by atoms with Gasteiger partial charge in [-0.2, -0.15) is 0 Å². The molecule has 0 heterocycles. The van der Waals surface area contributed by atoms with Crippen molar-refractivity contribution < 1.29 is 9.53 Å². The lowest BCUT2D eigenvalue weighted by atomic mass is 10.1. The van der Waals surface area contributed by atoms with E-state index in [4.69, 9.17) is 10.5 Å². The summed E-state index contributed by atoms with van der Waals surface area (Å²) in [6.07, 6.45) is 4.05. The van der Waals surface area contributed by atoms with Gasteiger partial charge in [0.15, 0.2) is 6.10 Å². The number of carbonyl (C=O) groups excluding carboxylic acids is 1. The second kappa shape index (κ2) is 6.94. The first kappa shape index (κ1) is 15.8. The summed E-state index contributed by atoms with van der Waals surface area (Å²) in [7, 11) is 0. The molecule has 0 aromatic heterocycles. The Morgan fingerprint density at radius 2 is 2.00 bits per heavy atom. The fourth-order valence-corrected chi connectivity index (χ4v) is 2.76. The molecule has 4 nitrogen and oxygen atoms in total. The van der Waals surface area contributed by atoms with Crippen molar-refractivity contribution in [3.8, 4) is 5.75 Å². The molecule has 1 saturated carbocycles. The third-order valence-electron chi connectivity index (χ3n) is 4.03. The van der Waals surface area contributed by atoms with Crippen LogP contribution in [0.1, 0.15) is 56.7 Å². The summed E-state index contributed by atoms with van der Waals surface area (Å²) in [6.45, 7) is 5.73. The second-order valence-electron chi connectivity index (χ2n) is 6.08. The van der Waals surface area contributed by atoms with Crippen LogP contribution in [0.4, 0.5) is 0 Å². The normalized spacial score (nSPS) is 18.3. The lowest BCUT2D eigenvalue weighted by molar-refractivity contribution is -0.128. The van der Waals surface area contributed by atoms with Crippen LogP contribution in [0, 0.1) is 6.92 Å². The Morgan fingerprint density at radius 3 is 2.62 bits per heavy atom. The zero-order valence-corrected chi connectivity index (χ0v) is 13.2. The lowest BCUT2D eigenvalue weighted by Crippen LogP contribution is -2.41. The number of aryl methyl sites for hydroxylation is 1. The highest BCUT2D eigenvalue weighted by Gasteiger charge is 2.22. The Balaban J connectivity index is 2.01. The van der Waals surface area contributed by atoms with Crippen LogP contribution in [0.5, 0.6) is 5.75 Å². The van der Waals surface area contributed by atoms with E-state index in [-0.39, 0.29) is 11.9 Å². The topological polar surface area (TPSA) is 64.3 Å². The van der Waals surface area contributed by atoms with Gasteiger partial charge in [-0.25, -0.2) is 0 Å². The van der Waals surface area contributed by atoms with Crippen molar-refractivity contribution in [2.24, 2.45) is 5.73 Å². The molecular weight excluding hydrogens is 264 g/mol. The molecule has 0 spiro atoms. The Hall–Kier alpha value is -1.55. The summed E-state index contributed by atoms with van der Waals surface area (Å²) in [5.41, 5.74) is 8.06. The molecule has 2 unspecified atom stereocenters. The van der Waals surface area contributed by atoms with Crippen LogP contribution in [-0.2, 0) is 4.79 Å². The van der Waals surface area contributed by atoms with Crippen molar-refractivity contribution in [1.29, 1.82) is 0 Å². The molecule has 2 atom stereocenters. The summed E-state index contributed by atoms with van der Waals surface area (Å²) in [6, 6.07) is 6.08. The minimum absolute atomic E-state index is 0.0434. The molecule has 1 aliphatic carbocycles. The van der Waals surface area contributed by atoms with Crippen molar-refractivity contribution in [2.75, 3.05) is 0 Å². The van der Waals surface area contributed by atoms with E-state index in [2.05, 4.69) is 5.32 Å². The van der Waals surface area contributed by atoms with Gasteiger partial charge in [0.1, 0.15) is 5.75 Å². The monoisotopic (exact) mass is 290 g/mol. The number of nitrogens with two attached hydrogens (primary N) is 1. The highest BCUT2D eigenvalue weighted by molar-refractivity contribution is 5.81. The lowest BCUT2D eigenvalue weighted by Gasteiger charge is -2.21. The van der Waals surface area contributed by atoms with E-state index in [0.717, 1.165) is 24.0 Å². The minimum atomic E-state index is -0.509. The van der Waals surface area contributed by atoms with Crippen LogP contribution in [0.15, 0.2) is 18.2 Å². The summed E-state index contributed by atoms with van der Waals surface area (Å²) >= 11 is 0. The molecule has 0 aliphatic heterocycles. The molecule has 1 aliphatic rings. The summed E-state index contributed by atoms with van der Waals surface area (Å²) in [5.74, 6) is 0.655. The second-order valence-corrected chi connectivity index (χ2v) is 6.08. The maximum absolute atomic E-state index is 12.2. The predicted molar refractivity (Wildman–Crippen MR) is 84.3 cm³/mol. The average Bonchev–Trinajstić information content (AvgIpc) is 2.93. The van der Waals surface area contributed by atoms with Crippen LogP contribution < -0.4 is 15.8 Å². The van der Waals surface area contributed by atoms with Gasteiger partial charge < -0.3 is 15.8 Å². The maximum atomic E-state index is 12.2. The molecule has 0 bridgehead atoms. The van der Waals surface area contributed by atoms with Crippen molar-refractivity contribution in [3.05, 3.63) is 29.3 Å². The van der Waals surface area contributed by atoms with E-state index in [9.17, 15) is 4.79 Å². The first-order chi connectivity index (χ1) is 9.97. The van der Waals surface area contributed by atoms with Gasteiger partial charge in [-0.05, 0) is 39.7 Å². The fourth-order valence-electron chi connectivity index (χ4n) is 2.76. The molecule has 2 rings (SSSR count). The third kappa shape index (κ3) is 4.21. The van der Waals surface area contributed by atoms with Gasteiger partial charge in [0.2, 0.25) is 0 Å². The van der Waals surface area contributed by atoms with Gasteiger partial charge in [-0.3, -0.25) is 4.79 Å². The van der Waals surface area contributed by atoms with E-state index in [1.54, 1.807) is 6.92 Å². The Labute approximate surface area is 127 Å². The Morgan fingerprint density at radius 1 is 1.33 bits per heavy atom. The molecule has 1 aromatic rings. The molecule has 0 saturated heterocycles. The van der Waals surface area contributed by atoms with Crippen molar-refractivity contribution >= 4 is 5.91 Å². The number of nitrogens with one attached hydrogen (secondary N) is 1. The number of carbonyl (C=O) groups is 1. The fraction of sp³-hybridized carbons (Fsp3) is 0.588. The molecule has 0 radical (unpaired) electrons. The molecule has 1 fully saturated rings. The Bertz CT molecular complexity index is 494. The first-order valence-corrected chi connectivity index (χ1v) is 7.80. The predicted octanol–water partition coefficient (Wildman–Crippen LogP) is 2.84. The van der Waals surface area contributed by atoms with Crippen molar-refractivity contribution in [2.45, 2.75) is 64.6 Å². The largest absolute Gasteiger partial charge is 0.481 e. The van der Waals surface area contributed by atoms with Crippen molar-refractivity contribution in [1.82, 2.24) is 5.32 Å². The first-order valence-electron chi connectivity index (χ1n) is 7.80. The van der Waals surface area contributed by atoms with Crippen LogP contribution >= 0.6 is 0 Å². The minimum Gasteiger partial charge on any atom is -0.481 e. The standard InChI is InChI=1S/C17H26N2O2/c1-11-8-9-16(15(10-11)12(2)18)21-13(3)17(20)19-14-6-4-5-7-14/h8-10,12-14H,4-7,18H2,1-3H3,(H,19,20). The molecule has 4 heteroatoms. The number of amides is 1. The van der Waals surface area contributed by atoms with E-state index < -0.39 is 6.10 Å². The van der Waals surface area contributed by atoms with Crippen LogP contribution in [0.2, 0.25) is 0 Å². The summed E-state index contributed by atoms with van der Waals surface area (Å²) in [4.78, 5) is 12.2. The molecule has 1 amide bonds. The van der Waals surface area contributed by atoms with Gasteiger partial charge in [0, 0.05) is 17.6 Å². The molecular formula is C17H26N2O2. The molecule has 1 aromatic carbocycles. The number of hydrogen-bond donors (Lipinski definition) is 2. The summed E-state index contributed by atoms with van der Waals surface area (Å²) in [5, 5.41) is 3.06. The zero-order chi connectivity index (χ0) is 15.4. The van der Waals surface area contributed by atoms with E-state index in [0.29, 0.717) is 11.8 Å². The number of rotatable bonds is 5. The SMILES string of the molecule is Cc1ccc(OC(C)C(=O)NC2CCCC2)c(C(C)N)c1.